The smallest absolute Gasteiger partial charge is 0.120 e. The molecule has 0 N–H and O–H groups in total. The predicted molar refractivity (Wildman–Crippen MR) is 57.1 cm³/mol. The minimum absolute atomic E-state index is 0.775. The number of fused-ring (bicyclic) bond motifs is 3. The van der Waals surface area contributed by atoms with Gasteiger partial charge >= 0.3 is 0 Å². The molecule has 74 valence electrons. The third-order valence-electron chi connectivity index (χ3n) is 3.43. The second-order valence-electron chi connectivity index (χ2n) is 4.19. The van der Waals surface area contributed by atoms with Crippen LogP contribution in [-0.4, -0.2) is 19.7 Å². The van der Waals surface area contributed by atoms with Crippen molar-refractivity contribution in [1.29, 1.82) is 0 Å². The highest BCUT2D eigenvalue weighted by Gasteiger charge is 2.32. The molecule has 1 aromatic rings. The Morgan fingerprint density at radius 1 is 1.43 bits per heavy atom. The van der Waals surface area contributed by atoms with Gasteiger partial charge in [-0.3, -0.25) is 0 Å². The average Bonchev–Trinajstić information content (AvgIpc) is 2.76. The lowest BCUT2D eigenvalue weighted by Crippen LogP contribution is -2.24. The zero-order chi connectivity index (χ0) is 9.54. The summed E-state index contributed by atoms with van der Waals surface area (Å²) >= 11 is 0. The van der Waals surface area contributed by atoms with Gasteiger partial charge in [-0.05, 0) is 30.9 Å². The van der Waals surface area contributed by atoms with Gasteiger partial charge in [-0.1, -0.05) is 6.07 Å². The first kappa shape index (κ1) is 8.16. The Hall–Kier alpha value is -1.18. The third-order valence-corrected chi connectivity index (χ3v) is 3.43. The molecule has 0 aromatic heterocycles. The highest BCUT2D eigenvalue weighted by molar-refractivity contribution is 5.63. The van der Waals surface area contributed by atoms with Crippen molar-refractivity contribution in [2.24, 2.45) is 0 Å². The maximum atomic E-state index is 5.26. The van der Waals surface area contributed by atoms with Crippen LogP contribution in [0.25, 0.3) is 0 Å². The molecular weight excluding hydrogens is 174 g/mol. The van der Waals surface area contributed by atoms with Crippen LogP contribution in [0.4, 0.5) is 5.69 Å². The van der Waals surface area contributed by atoms with Crippen molar-refractivity contribution >= 4 is 5.69 Å². The first-order valence-corrected chi connectivity index (χ1v) is 5.32. The highest BCUT2D eigenvalue weighted by atomic mass is 16.5. The monoisotopic (exact) mass is 189 g/mol. The molecule has 1 fully saturated rings. The van der Waals surface area contributed by atoms with Gasteiger partial charge in [0.1, 0.15) is 5.75 Å². The van der Waals surface area contributed by atoms with Crippen molar-refractivity contribution in [3.8, 4) is 5.75 Å². The van der Waals surface area contributed by atoms with Gasteiger partial charge in [-0.2, -0.15) is 0 Å². The molecule has 0 spiro atoms. The number of hydrogen-bond acceptors (Lipinski definition) is 2. The van der Waals surface area contributed by atoms with Gasteiger partial charge in [0.25, 0.3) is 0 Å². The van der Waals surface area contributed by atoms with Crippen LogP contribution in [0.2, 0.25) is 0 Å². The molecule has 0 radical (unpaired) electrons. The van der Waals surface area contributed by atoms with Crippen molar-refractivity contribution in [3.63, 3.8) is 0 Å². The minimum Gasteiger partial charge on any atom is -0.497 e. The quantitative estimate of drug-likeness (QED) is 0.671. The van der Waals surface area contributed by atoms with Crippen molar-refractivity contribution in [2.45, 2.75) is 25.3 Å². The minimum atomic E-state index is 0.775. The van der Waals surface area contributed by atoms with Gasteiger partial charge in [0.15, 0.2) is 0 Å². The molecule has 2 aliphatic heterocycles. The van der Waals surface area contributed by atoms with E-state index in [9.17, 15) is 0 Å². The molecule has 2 nitrogen and oxygen atoms in total. The molecule has 14 heavy (non-hydrogen) atoms. The van der Waals surface area contributed by atoms with E-state index in [-0.39, 0.29) is 0 Å². The highest BCUT2D eigenvalue weighted by Crippen LogP contribution is 2.39. The van der Waals surface area contributed by atoms with Crippen LogP contribution in [0.1, 0.15) is 18.4 Å². The van der Waals surface area contributed by atoms with E-state index in [0.29, 0.717) is 0 Å². The number of methoxy groups -OCH3 is 1. The molecule has 0 saturated carbocycles. The van der Waals surface area contributed by atoms with Gasteiger partial charge < -0.3 is 9.64 Å². The summed E-state index contributed by atoms with van der Waals surface area (Å²) < 4.78 is 5.26. The van der Waals surface area contributed by atoms with E-state index in [1.807, 2.05) is 0 Å². The fraction of sp³-hybridized carbons (Fsp3) is 0.500. The molecule has 1 atom stereocenters. The van der Waals surface area contributed by atoms with E-state index in [1.165, 1.54) is 37.1 Å². The summed E-state index contributed by atoms with van der Waals surface area (Å²) in [5.41, 5.74) is 2.90. The summed E-state index contributed by atoms with van der Waals surface area (Å²) in [6.45, 7) is 1.23. The van der Waals surface area contributed by atoms with E-state index in [4.69, 9.17) is 4.74 Å². The van der Waals surface area contributed by atoms with Crippen LogP contribution in [-0.2, 0) is 6.42 Å². The Kier molecular flexibility index (Phi) is 1.69. The Bertz CT molecular complexity index is 361. The van der Waals surface area contributed by atoms with Gasteiger partial charge in [-0.25, -0.2) is 0 Å². The standard InChI is InChI=1S/C12H15NO/c1-14-11-5-4-9-7-10-3-2-6-13(10)12(9)8-11/h4-5,8,10H,2-3,6-7H2,1H3. The number of hydrogen-bond donors (Lipinski definition) is 0. The molecule has 1 unspecified atom stereocenters. The second-order valence-corrected chi connectivity index (χ2v) is 4.19. The van der Waals surface area contributed by atoms with Crippen LogP contribution in [0.3, 0.4) is 0 Å². The molecule has 0 bridgehead atoms. The van der Waals surface area contributed by atoms with Crippen LogP contribution in [0.15, 0.2) is 18.2 Å². The van der Waals surface area contributed by atoms with E-state index in [1.54, 1.807) is 7.11 Å². The Morgan fingerprint density at radius 2 is 2.36 bits per heavy atom. The first-order valence-electron chi connectivity index (χ1n) is 5.32. The van der Waals surface area contributed by atoms with Crippen molar-refractivity contribution < 1.29 is 4.74 Å². The number of rotatable bonds is 1. The van der Waals surface area contributed by atoms with Crippen molar-refractivity contribution in [3.05, 3.63) is 23.8 Å². The van der Waals surface area contributed by atoms with Crippen LogP contribution < -0.4 is 9.64 Å². The first-order chi connectivity index (χ1) is 6.88. The van der Waals surface area contributed by atoms with E-state index in [0.717, 1.165) is 11.8 Å². The summed E-state index contributed by atoms with van der Waals surface area (Å²) in [5, 5.41) is 0. The van der Waals surface area contributed by atoms with E-state index < -0.39 is 0 Å². The molecular formula is C12H15NO. The number of benzene rings is 1. The lowest BCUT2D eigenvalue weighted by atomic mass is 10.1. The molecule has 0 amide bonds. The molecule has 3 rings (SSSR count). The lowest BCUT2D eigenvalue weighted by Gasteiger charge is -2.18. The van der Waals surface area contributed by atoms with E-state index in [2.05, 4.69) is 23.1 Å². The largest absolute Gasteiger partial charge is 0.497 e. The molecule has 2 heterocycles. The van der Waals surface area contributed by atoms with E-state index >= 15 is 0 Å². The molecule has 0 aliphatic carbocycles. The molecule has 1 aromatic carbocycles. The fourth-order valence-electron chi connectivity index (χ4n) is 2.73. The molecule has 2 aliphatic rings. The summed E-state index contributed by atoms with van der Waals surface area (Å²) in [5.74, 6) is 0.983. The number of anilines is 1. The summed E-state index contributed by atoms with van der Waals surface area (Å²) in [6, 6.07) is 7.24. The SMILES string of the molecule is COc1ccc2c(c1)N1CCCC1C2. The van der Waals surface area contributed by atoms with Gasteiger partial charge in [0, 0.05) is 24.3 Å². The molecule has 2 heteroatoms. The Balaban J connectivity index is 2.03. The van der Waals surface area contributed by atoms with Crippen molar-refractivity contribution in [1.82, 2.24) is 0 Å². The van der Waals surface area contributed by atoms with Gasteiger partial charge in [-0.15, -0.1) is 0 Å². The third kappa shape index (κ3) is 1.03. The van der Waals surface area contributed by atoms with Gasteiger partial charge in [0.05, 0.1) is 7.11 Å². The topological polar surface area (TPSA) is 12.5 Å². The van der Waals surface area contributed by atoms with Gasteiger partial charge in [0.2, 0.25) is 0 Å². The lowest BCUT2D eigenvalue weighted by molar-refractivity contribution is 0.415. The number of ether oxygens (including phenoxy) is 1. The summed E-state index contributed by atoms with van der Waals surface area (Å²) in [6.07, 6.45) is 3.94. The normalized spacial score (nSPS) is 23.5. The second kappa shape index (κ2) is 2.91. The summed E-state index contributed by atoms with van der Waals surface area (Å²) in [4.78, 5) is 2.54. The average molecular weight is 189 g/mol. The van der Waals surface area contributed by atoms with Crippen LogP contribution in [0, 0.1) is 0 Å². The van der Waals surface area contributed by atoms with Crippen molar-refractivity contribution in [2.75, 3.05) is 18.6 Å². The molecule has 1 saturated heterocycles. The zero-order valence-electron chi connectivity index (χ0n) is 8.49. The van der Waals surface area contributed by atoms with Crippen LogP contribution in [0.5, 0.6) is 5.75 Å². The maximum absolute atomic E-state index is 5.26. The maximum Gasteiger partial charge on any atom is 0.120 e. The summed E-state index contributed by atoms with van der Waals surface area (Å²) in [7, 11) is 1.73. The number of nitrogens with zero attached hydrogens (tertiary/aromatic N) is 1. The van der Waals surface area contributed by atoms with Crippen LogP contribution >= 0.6 is 0 Å². The Labute approximate surface area is 84.5 Å². The Morgan fingerprint density at radius 3 is 3.21 bits per heavy atom. The predicted octanol–water partition coefficient (Wildman–Crippen LogP) is 2.22. The zero-order valence-corrected chi connectivity index (χ0v) is 8.49. The fourth-order valence-corrected chi connectivity index (χ4v) is 2.73.